The van der Waals surface area contributed by atoms with Gasteiger partial charge in [0, 0.05) is 16.1 Å². The molecule has 2 nitrogen and oxygen atoms in total. The summed E-state index contributed by atoms with van der Waals surface area (Å²) in [6.07, 6.45) is 3.77. The van der Waals surface area contributed by atoms with Gasteiger partial charge in [-0.05, 0) is 43.4 Å². The van der Waals surface area contributed by atoms with Gasteiger partial charge in [0.05, 0.1) is 0 Å². The molecular formula is C12H16ClNO. The molecule has 3 heteroatoms. The van der Waals surface area contributed by atoms with Crippen LogP contribution >= 0.6 is 11.6 Å². The van der Waals surface area contributed by atoms with Crippen molar-refractivity contribution in [2.24, 2.45) is 5.73 Å². The minimum atomic E-state index is -0.348. The third-order valence-corrected chi connectivity index (χ3v) is 3.53. The van der Waals surface area contributed by atoms with E-state index in [1.807, 2.05) is 13.0 Å². The summed E-state index contributed by atoms with van der Waals surface area (Å²) in [5.41, 5.74) is 7.55. The molecule has 3 N–H and O–H groups in total. The normalized spacial score (nSPS) is 18.6. The summed E-state index contributed by atoms with van der Waals surface area (Å²) < 4.78 is 0. The quantitative estimate of drug-likeness (QED) is 0.813. The Hall–Kier alpha value is -0.730. The van der Waals surface area contributed by atoms with Crippen molar-refractivity contribution < 1.29 is 5.11 Å². The van der Waals surface area contributed by atoms with Gasteiger partial charge in [0.2, 0.25) is 0 Å². The lowest BCUT2D eigenvalue weighted by molar-refractivity contribution is 0.245. The Balaban J connectivity index is 2.50. The van der Waals surface area contributed by atoms with Gasteiger partial charge in [0.15, 0.2) is 0 Å². The number of phenolic OH excluding ortho intramolecular Hbond substituents is 1. The predicted molar refractivity (Wildman–Crippen MR) is 62.2 cm³/mol. The summed E-state index contributed by atoms with van der Waals surface area (Å²) in [6, 6.07) is 3.61. The summed E-state index contributed by atoms with van der Waals surface area (Å²) in [5.74, 6) is 0.337. The smallest absolute Gasteiger partial charge is 0.123 e. The summed E-state index contributed by atoms with van der Waals surface area (Å²) >= 11 is 6.02. The molecule has 15 heavy (non-hydrogen) atoms. The number of aromatic hydroxyl groups is 1. The van der Waals surface area contributed by atoms with Gasteiger partial charge in [-0.3, -0.25) is 0 Å². The van der Waals surface area contributed by atoms with Crippen LogP contribution in [0.4, 0.5) is 0 Å². The molecule has 0 spiro atoms. The summed E-state index contributed by atoms with van der Waals surface area (Å²) in [5, 5.41) is 10.7. The van der Waals surface area contributed by atoms with Gasteiger partial charge >= 0.3 is 0 Å². The number of halogens is 1. The molecule has 0 aliphatic heterocycles. The molecule has 0 atom stereocenters. The second-order valence-electron chi connectivity index (χ2n) is 4.32. The molecule has 1 fully saturated rings. The Morgan fingerprint density at radius 2 is 2.13 bits per heavy atom. The van der Waals surface area contributed by atoms with E-state index in [-0.39, 0.29) is 5.54 Å². The molecule has 0 aromatic heterocycles. The van der Waals surface area contributed by atoms with Crippen LogP contribution in [0.1, 0.15) is 37.3 Å². The molecule has 0 heterocycles. The van der Waals surface area contributed by atoms with Gasteiger partial charge in [0.25, 0.3) is 0 Å². The Morgan fingerprint density at radius 1 is 1.47 bits per heavy atom. The van der Waals surface area contributed by atoms with Crippen molar-refractivity contribution in [2.45, 2.75) is 38.1 Å². The van der Waals surface area contributed by atoms with E-state index in [9.17, 15) is 5.11 Å². The molecule has 0 bridgehead atoms. The van der Waals surface area contributed by atoms with Crippen LogP contribution in [0, 0.1) is 0 Å². The molecule has 0 amide bonds. The monoisotopic (exact) mass is 225 g/mol. The van der Waals surface area contributed by atoms with E-state index in [4.69, 9.17) is 17.3 Å². The molecule has 1 aliphatic carbocycles. The third-order valence-electron chi connectivity index (χ3n) is 3.32. The molecule has 0 radical (unpaired) electrons. The summed E-state index contributed by atoms with van der Waals surface area (Å²) in [6.45, 7) is 2.00. The Bertz CT molecular complexity index is 385. The minimum Gasteiger partial charge on any atom is -0.507 e. The van der Waals surface area contributed by atoms with Crippen LogP contribution in [-0.2, 0) is 12.0 Å². The molecule has 2 rings (SSSR count). The Kier molecular flexibility index (Phi) is 2.65. The summed E-state index contributed by atoms with van der Waals surface area (Å²) in [7, 11) is 0. The molecule has 1 aliphatic rings. The fourth-order valence-corrected chi connectivity index (χ4v) is 2.37. The average Bonchev–Trinajstić information content (AvgIpc) is 2.17. The molecular weight excluding hydrogens is 210 g/mol. The number of rotatable bonds is 2. The van der Waals surface area contributed by atoms with Crippen LogP contribution in [0.3, 0.4) is 0 Å². The summed E-state index contributed by atoms with van der Waals surface area (Å²) in [4.78, 5) is 0. The van der Waals surface area contributed by atoms with Crippen LogP contribution in [0.5, 0.6) is 5.75 Å². The maximum absolute atomic E-state index is 10.1. The van der Waals surface area contributed by atoms with E-state index in [2.05, 4.69) is 0 Å². The van der Waals surface area contributed by atoms with Crippen molar-refractivity contribution in [1.82, 2.24) is 0 Å². The zero-order chi connectivity index (χ0) is 11.1. The molecule has 1 aromatic rings. The molecule has 0 saturated heterocycles. The molecule has 1 saturated carbocycles. The highest BCUT2D eigenvalue weighted by atomic mass is 35.5. The van der Waals surface area contributed by atoms with Gasteiger partial charge in [0.1, 0.15) is 5.75 Å². The topological polar surface area (TPSA) is 46.2 Å². The highest BCUT2D eigenvalue weighted by Gasteiger charge is 2.37. The Labute approximate surface area is 95.1 Å². The number of phenols is 1. The van der Waals surface area contributed by atoms with Crippen molar-refractivity contribution in [1.29, 1.82) is 0 Å². The maximum Gasteiger partial charge on any atom is 0.123 e. The second kappa shape index (κ2) is 3.69. The van der Waals surface area contributed by atoms with Crippen molar-refractivity contribution in [3.05, 3.63) is 28.3 Å². The zero-order valence-electron chi connectivity index (χ0n) is 8.89. The van der Waals surface area contributed by atoms with Crippen molar-refractivity contribution in [3.63, 3.8) is 0 Å². The van der Waals surface area contributed by atoms with Gasteiger partial charge in [-0.15, -0.1) is 0 Å². The standard InChI is InChI=1S/C12H16ClNO/c1-2-8-6-9(13)7-10(11(8)15)12(14)4-3-5-12/h6-7,15H,2-5,14H2,1H3. The number of hydrogen-bond acceptors (Lipinski definition) is 2. The first-order valence-corrected chi connectivity index (χ1v) is 5.75. The van der Waals surface area contributed by atoms with E-state index in [0.29, 0.717) is 10.8 Å². The Morgan fingerprint density at radius 3 is 2.60 bits per heavy atom. The number of benzene rings is 1. The number of hydrogen-bond donors (Lipinski definition) is 2. The lowest BCUT2D eigenvalue weighted by Crippen LogP contribution is -2.43. The molecule has 0 unspecified atom stereocenters. The lowest BCUT2D eigenvalue weighted by Gasteiger charge is -2.39. The van der Waals surface area contributed by atoms with Crippen molar-refractivity contribution in [2.75, 3.05) is 0 Å². The number of aryl methyl sites for hydroxylation is 1. The molecule has 82 valence electrons. The van der Waals surface area contributed by atoms with Crippen LogP contribution in [0.25, 0.3) is 0 Å². The van der Waals surface area contributed by atoms with Gasteiger partial charge in [-0.25, -0.2) is 0 Å². The first kappa shape index (κ1) is 10.8. The highest BCUT2D eigenvalue weighted by molar-refractivity contribution is 6.30. The largest absolute Gasteiger partial charge is 0.507 e. The van der Waals surface area contributed by atoms with Crippen LogP contribution < -0.4 is 5.73 Å². The van der Waals surface area contributed by atoms with E-state index in [1.165, 1.54) is 0 Å². The fourth-order valence-electron chi connectivity index (χ4n) is 2.13. The average molecular weight is 226 g/mol. The van der Waals surface area contributed by atoms with Crippen molar-refractivity contribution in [3.8, 4) is 5.75 Å². The maximum atomic E-state index is 10.1. The third kappa shape index (κ3) is 1.72. The van der Waals surface area contributed by atoms with E-state index >= 15 is 0 Å². The minimum absolute atomic E-state index is 0.337. The van der Waals surface area contributed by atoms with Crippen LogP contribution in [-0.4, -0.2) is 5.11 Å². The van der Waals surface area contributed by atoms with Gasteiger partial charge in [-0.1, -0.05) is 18.5 Å². The van der Waals surface area contributed by atoms with Gasteiger partial charge < -0.3 is 10.8 Å². The lowest BCUT2D eigenvalue weighted by atomic mass is 9.72. The van der Waals surface area contributed by atoms with E-state index in [1.54, 1.807) is 6.07 Å². The first-order chi connectivity index (χ1) is 7.07. The van der Waals surface area contributed by atoms with E-state index in [0.717, 1.165) is 36.8 Å². The predicted octanol–water partition coefficient (Wildman–Crippen LogP) is 2.95. The van der Waals surface area contributed by atoms with Crippen molar-refractivity contribution >= 4 is 11.6 Å². The SMILES string of the molecule is CCc1cc(Cl)cc(C2(N)CCC2)c1O. The fraction of sp³-hybridized carbons (Fsp3) is 0.500. The van der Waals surface area contributed by atoms with Crippen LogP contribution in [0.2, 0.25) is 5.02 Å². The first-order valence-electron chi connectivity index (χ1n) is 5.37. The number of nitrogens with two attached hydrogens (primary N) is 1. The van der Waals surface area contributed by atoms with Crippen LogP contribution in [0.15, 0.2) is 12.1 Å². The highest BCUT2D eigenvalue weighted by Crippen LogP contribution is 2.44. The second-order valence-corrected chi connectivity index (χ2v) is 4.76. The van der Waals surface area contributed by atoms with E-state index < -0.39 is 0 Å². The molecule has 1 aromatic carbocycles. The van der Waals surface area contributed by atoms with Gasteiger partial charge in [-0.2, -0.15) is 0 Å². The zero-order valence-corrected chi connectivity index (χ0v) is 9.64.